The second kappa shape index (κ2) is 5.19. The van der Waals surface area contributed by atoms with Crippen LogP contribution in [0.4, 0.5) is 5.69 Å². The second-order valence-corrected chi connectivity index (χ2v) is 5.54. The second-order valence-electron chi connectivity index (χ2n) is 5.54. The number of carboxylic acids is 1. The number of aryl methyl sites for hydroxylation is 1. The van der Waals surface area contributed by atoms with Crippen molar-refractivity contribution in [3.63, 3.8) is 0 Å². The van der Waals surface area contributed by atoms with Crippen molar-refractivity contribution >= 4 is 22.6 Å². The topological polar surface area (TPSA) is 45.5 Å². The number of aromatic carboxylic acids is 1. The predicted octanol–water partition coefficient (Wildman–Crippen LogP) is 3.46. The molecule has 2 rings (SSSR count). The van der Waals surface area contributed by atoms with Crippen LogP contribution in [-0.2, 0) is 7.05 Å². The van der Waals surface area contributed by atoms with E-state index in [9.17, 15) is 9.90 Å². The Bertz CT molecular complexity index is 656. The van der Waals surface area contributed by atoms with E-state index in [0.29, 0.717) is 11.6 Å². The molecule has 0 atom stereocenters. The van der Waals surface area contributed by atoms with Gasteiger partial charge in [0.15, 0.2) is 0 Å². The zero-order valence-corrected chi connectivity index (χ0v) is 12.8. The molecule has 1 aromatic heterocycles. The Hall–Kier alpha value is -1.97. The minimum Gasteiger partial charge on any atom is -0.477 e. The summed E-state index contributed by atoms with van der Waals surface area (Å²) in [6, 6.07) is 6.00. The SMILES string of the molecule is CCN(C)c1cc(C(C)C)c2c(c1)cc(C(=O)O)n2C. The highest BCUT2D eigenvalue weighted by Gasteiger charge is 2.17. The van der Waals surface area contributed by atoms with E-state index in [4.69, 9.17) is 0 Å². The van der Waals surface area contributed by atoms with Crippen LogP contribution in [-0.4, -0.2) is 29.2 Å². The molecule has 0 aliphatic carbocycles. The Balaban J connectivity index is 2.79. The van der Waals surface area contributed by atoms with Crippen LogP contribution >= 0.6 is 0 Å². The molecule has 0 aliphatic rings. The van der Waals surface area contributed by atoms with Gasteiger partial charge < -0.3 is 14.6 Å². The van der Waals surface area contributed by atoms with Gasteiger partial charge in [-0.15, -0.1) is 0 Å². The van der Waals surface area contributed by atoms with Gasteiger partial charge >= 0.3 is 5.97 Å². The Morgan fingerprint density at radius 3 is 2.50 bits per heavy atom. The van der Waals surface area contributed by atoms with E-state index >= 15 is 0 Å². The van der Waals surface area contributed by atoms with Gasteiger partial charge in [-0.25, -0.2) is 4.79 Å². The molecule has 1 aromatic carbocycles. The van der Waals surface area contributed by atoms with Gasteiger partial charge in [0.25, 0.3) is 0 Å². The fourth-order valence-corrected chi connectivity index (χ4v) is 2.57. The van der Waals surface area contributed by atoms with E-state index in [1.807, 2.05) is 14.1 Å². The summed E-state index contributed by atoms with van der Waals surface area (Å²) in [6.07, 6.45) is 0. The largest absolute Gasteiger partial charge is 0.477 e. The van der Waals surface area contributed by atoms with Gasteiger partial charge in [-0.05, 0) is 36.6 Å². The van der Waals surface area contributed by atoms with Gasteiger partial charge in [-0.1, -0.05) is 13.8 Å². The van der Waals surface area contributed by atoms with Crippen LogP contribution in [0.5, 0.6) is 0 Å². The molecule has 2 aromatic rings. The van der Waals surface area contributed by atoms with Crippen molar-refractivity contribution in [2.45, 2.75) is 26.7 Å². The molecule has 0 saturated heterocycles. The van der Waals surface area contributed by atoms with E-state index < -0.39 is 5.97 Å². The molecule has 0 radical (unpaired) electrons. The fourth-order valence-electron chi connectivity index (χ4n) is 2.57. The van der Waals surface area contributed by atoms with E-state index in [1.54, 1.807) is 10.6 Å². The minimum absolute atomic E-state index is 0.332. The van der Waals surface area contributed by atoms with Gasteiger partial charge in [0.2, 0.25) is 0 Å². The van der Waals surface area contributed by atoms with Crippen molar-refractivity contribution in [1.82, 2.24) is 4.57 Å². The number of aromatic nitrogens is 1. The van der Waals surface area contributed by atoms with Gasteiger partial charge in [-0.3, -0.25) is 0 Å². The molecule has 0 fully saturated rings. The van der Waals surface area contributed by atoms with Crippen LogP contribution in [0.25, 0.3) is 10.9 Å². The molecule has 4 heteroatoms. The molecular weight excluding hydrogens is 252 g/mol. The van der Waals surface area contributed by atoms with Crippen LogP contribution in [0.1, 0.15) is 42.7 Å². The summed E-state index contributed by atoms with van der Waals surface area (Å²) in [7, 11) is 3.87. The molecule has 20 heavy (non-hydrogen) atoms. The maximum atomic E-state index is 11.3. The Morgan fingerprint density at radius 2 is 2.00 bits per heavy atom. The van der Waals surface area contributed by atoms with Crippen LogP contribution < -0.4 is 4.90 Å². The van der Waals surface area contributed by atoms with Crippen molar-refractivity contribution < 1.29 is 9.90 Å². The third-order valence-electron chi connectivity index (χ3n) is 3.90. The molecule has 108 valence electrons. The standard InChI is InChI=1S/C16H22N2O2/c1-6-17(4)12-7-11-8-14(16(19)20)18(5)15(11)13(9-12)10(2)3/h7-10H,6H2,1-5H3,(H,19,20). The maximum Gasteiger partial charge on any atom is 0.352 e. The number of hydrogen-bond acceptors (Lipinski definition) is 2. The smallest absolute Gasteiger partial charge is 0.352 e. The summed E-state index contributed by atoms with van der Waals surface area (Å²) < 4.78 is 1.78. The summed E-state index contributed by atoms with van der Waals surface area (Å²) in [5, 5.41) is 10.3. The molecule has 0 saturated carbocycles. The lowest BCUT2D eigenvalue weighted by molar-refractivity contribution is 0.0687. The number of hydrogen-bond donors (Lipinski definition) is 1. The van der Waals surface area contributed by atoms with E-state index in [2.05, 4.69) is 37.8 Å². The van der Waals surface area contributed by atoms with Crippen molar-refractivity contribution in [2.75, 3.05) is 18.5 Å². The van der Waals surface area contributed by atoms with Crippen LogP contribution in [0.15, 0.2) is 18.2 Å². The fraction of sp³-hybridized carbons (Fsp3) is 0.438. The van der Waals surface area contributed by atoms with Gasteiger partial charge in [0, 0.05) is 31.7 Å². The van der Waals surface area contributed by atoms with Crippen molar-refractivity contribution in [1.29, 1.82) is 0 Å². The highest BCUT2D eigenvalue weighted by atomic mass is 16.4. The maximum absolute atomic E-state index is 11.3. The Kier molecular flexibility index (Phi) is 3.75. The molecular formula is C16H22N2O2. The molecule has 1 heterocycles. The highest BCUT2D eigenvalue weighted by molar-refractivity contribution is 5.97. The average molecular weight is 274 g/mol. The number of fused-ring (bicyclic) bond motifs is 1. The number of carbonyl (C=O) groups is 1. The third kappa shape index (κ3) is 2.26. The first-order valence-corrected chi connectivity index (χ1v) is 6.94. The van der Waals surface area contributed by atoms with Gasteiger partial charge in [-0.2, -0.15) is 0 Å². The van der Waals surface area contributed by atoms with Crippen molar-refractivity contribution in [3.8, 4) is 0 Å². The summed E-state index contributed by atoms with van der Waals surface area (Å²) in [4.78, 5) is 13.5. The van der Waals surface area contributed by atoms with E-state index in [0.717, 1.165) is 23.1 Å². The Labute approximate surface area is 119 Å². The van der Waals surface area contributed by atoms with E-state index in [-0.39, 0.29) is 0 Å². The zero-order chi connectivity index (χ0) is 15.0. The van der Waals surface area contributed by atoms with E-state index in [1.165, 1.54) is 5.56 Å². The number of anilines is 1. The third-order valence-corrected chi connectivity index (χ3v) is 3.90. The number of carboxylic acid groups (broad SMARTS) is 1. The molecule has 4 nitrogen and oxygen atoms in total. The van der Waals surface area contributed by atoms with Crippen molar-refractivity contribution in [2.24, 2.45) is 7.05 Å². The monoisotopic (exact) mass is 274 g/mol. The highest BCUT2D eigenvalue weighted by Crippen LogP contribution is 2.32. The average Bonchev–Trinajstić information content (AvgIpc) is 2.74. The van der Waals surface area contributed by atoms with Crippen molar-refractivity contribution in [3.05, 3.63) is 29.5 Å². The first-order chi connectivity index (χ1) is 9.36. The first-order valence-electron chi connectivity index (χ1n) is 6.94. The zero-order valence-electron chi connectivity index (χ0n) is 12.8. The van der Waals surface area contributed by atoms with Crippen LogP contribution in [0.3, 0.4) is 0 Å². The molecule has 0 amide bonds. The quantitative estimate of drug-likeness (QED) is 0.928. The van der Waals surface area contributed by atoms with Gasteiger partial charge in [0.1, 0.15) is 5.69 Å². The molecule has 0 aliphatic heterocycles. The summed E-state index contributed by atoms with van der Waals surface area (Å²) in [6.45, 7) is 7.30. The molecule has 0 spiro atoms. The van der Waals surface area contributed by atoms with Crippen LogP contribution in [0, 0.1) is 0 Å². The summed E-state index contributed by atoms with van der Waals surface area (Å²) in [5.41, 5.74) is 3.67. The number of nitrogens with zero attached hydrogens (tertiary/aromatic N) is 2. The lowest BCUT2D eigenvalue weighted by Gasteiger charge is -2.20. The van der Waals surface area contributed by atoms with Crippen LogP contribution in [0.2, 0.25) is 0 Å². The minimum atomic E-state index is -0.885. The van der Waals surface area contributed by atoms with Gasteiger partial charge in [0.05, 0.1) is 5.52 Å². The Morgan fingerprint density at radius 1 is 1.35 bits per heavy atom. The number of benzene rings is 1. The lowest BCUT2D eigenvalue weighted by Crippen LogP contribution is -2.16. The molecule has 1 N–H and O–H groups in total. The molecule has 0 unspecified atom stereocenters. The number of rotatable bonds is 4. The first kappa shape index (κ1) is 14.4. The normalized spacial score (nSPS) is 11.3. The molecule has 0 bridgehead atoms. The summed E-state index contributed by atoms with van der Waals surface area (Å²) >= 11 is 0. The lowest BCUT2D eigenvalue weighted by atomic mass is 9.99. The predicted molar refractivity (Wildman–Crippen MR) is 82.9 cm³/mol. The summed E-state index contributed by atoms with van der Waals surface area (Å²) in [5.74, 6) is -0.540.